The van der Waals surface area contributed by atoms with E-state index in [4.69, 9.17) is 0 Å². The predicted molar refractivity (Wildman–Crippen MR) is 85.9 cm³/mol. The molecule has 3 atom stereocenters. The molecule has 1 aromatic carbocycles. The summed E-state index contributed by atoms with van der Waals surface area (Å²) in [5, 5.41) is 3.63. The Morgan fingerprint density at radius 3 is 2.50 bits per heavy atom. The van der Waals surface area contributed by atoms with Crippen molar-refractivity contribution < 1.29 is 0 Å². The molecule has 1 fully saturated rings. The van der Waals surface area contributed by atoms with E-state index in [9.17, 15) is 0 Å². The number of likely N-dealkylation sites (tertiary alicyclic amines) is 1. The summed E-state index contributed by atoms with van der Waals surface area (Å²) >= 11 is 0. The zero-order valence-electron chi connectivity index (χ0n) is 13.3. The molecule has 3 unspecified atom stereocenters. The van der Waals surface area contributed by atoms with Crippen molar-refractivity contribution in [3.63, 3.8) is 0 Å². The molecule has 20 heavy (non-hydrogen) atoms. The van der Waals surface area contributed by atoms with Crippen molar-refractivity contribution in [2.75, 3.05) is 40.3 Å². The van der Waals surface area contributed by atoms with Crippen LogP contribution in [0.5, 0.6) is 0 Å². The Kier molecular flexibility index (Phi) is 5.58. The van der Waals surface area contributed by atoms with Gasteiger partial charge in [-0.2, -0.15) is 0 Å². The summed E-state index contributed by atoms with van der Waals surface area (Å²) in [6.45, 7) is 9.06. The van der Waals surface area contributed by atoms with E-state index in [0.717, 1.165) is 19.0 Å². The van der Waals surface area contributed by atoms with Gasteiger partial charge in [-0.15, -0.1) is 0 Å². The van der Waals surface area contributed by atoms with Gasteiger partial charge in [0.15, 0.2) is 0 Å². The van der Waals surface area contributed by atoms with Gasteiger partial charge in [0, 0.05) is 31.7 Å². The molecule has 0 aliphatic carbocycles. The molecule has 0 amide bonds. The Balaban J connectivity index is 1.99. The number of nitrogens with one attached hydrogen (secondary N) is 1. The van der Waals surface area contributed by atoms with E-state index in [1.807, 2.05) is 0 Å². The zero-order chi connectivity index (χ0) is 14.5. The van der Waals surface area contributed by atoms with Crippen molar-refractivity contribution in [2.24, 2.45) is 5.92 Å². The highest BCUT2D eigenvalue weighted by atomic mass is 15.2. The van der Waals surface area contributed by atoms with E-state index in [1.54, 1.807) is 0 Å². The molecule has 0 spiro atoms. The van der Waals surface area contributed by atoms with Crippen molar-refractivity contribution in [3.05, 3.63) is 35.9 Å². The maximum absolute atomic E-state index is 3.63. The Morgan fingerprint density at radius 2 is 1.95 bits per heavy atom. The molecule has 1 saturated heterocycles. The number of likely N-dealkylation sites (N-methyl/N-ethyl adjacent to an activating group) is 2. The lowest BCUT2D eigenvalue weighted by molar-refractivity contribution is 0.243. The SMILES string of the molecule is CCNC(CN1CC(C)C(N(C)C)C1)c1ccccc1. The van der Waals surface area contributed by atoms with Crippen molar-refractivity contribution in [3.8, 4) is 0 Å². The van der Waals surface area contributed by atoms with Gasteiger partial charge in [0.05, 0.1) is 0 Å². The van der Waals surface area contributed by atoms with Gasteiger partial charge < -0.3 is 10.2 Å². The van der Waals surface area contributed by atoms with E-state index < -0.39 is 0 Å². The van der Waals surface area contributed by atoms with Gasteiger partial charge >= 0.3 is 0 Å². The highest BCUT2D eigenvalue weighted by Crippen LogP contribution is 2.23. The average Bonchev–Trinajstić information content (AvgIpc) is 2.80. The maximum Gasteiger partial charge on any atom is 0.0449 e. The first-order chi connectivity index (χ1) is 9.61. The molecule has 2 rings (SSSR count). The molecule has 0 saturated carbocycles. The third-order valence-corrected chi connectivity index (χ3v) is 4.40. The quantitative estimate of drug-likeness (QED) is 0.859. The highest BCUT2D eigenvalue weighted by Gasteiger charge is 2.31. The van der Waals surface area contributed by atoms with Crippen LogP contribution in [0.25, 0.3) is 0 Å². The fourth-order valence-electron chi connectivity index (χ4n) is 3.35. The van der Waals surface area contributed by atoms with E-state index >= 15 is 0 Å². The lowest BCUT2D eigenvalue weighted by Gasteiger charge is -2.26. The molecular formula is C17H29N3. The topological polar surface area (TPSA) is 18.5 Å². The van der Waals surface area contributed by atoms with Crippen molar-refractivity contribution in [1.82, 2.24) is 15.1 Å². The molecule has 1 N–H and O–H groups in total. The van der Waals surface area contributed by atoms with Gasteiger partial charge in [-0.1, -0.05) is 44.2 Å². The van der Waals surface area contributed by atoms with E-state index in [0.29, 0.717) is 12.1 Å². The Morgan fingerprint density at radius 1 is 1.25 bits per heavy atom. The largest absolute Gasteiger partial charge is 0.309 e. The zero-order valence-corrected chi connectivity index (χ0v) is 13.3. The number of hydrogen-bond acceptors (Lipinski definition) is 3. The summed E-state index contributed by atoms with van der Waals surface area (Å²) in [4.78, 5) is 4.98. The average molecular weight is 275 g/mol. The van der Waals surface area contributed by atoms with Crippen LogP contribution >= 0.6 is 0 Å². The first-order valence-corrected chi connectivity index (χ1v) is 7.79. The summed E-state index contributed by atoms with van der Waals surface area (Å²) in [5.74, 6) is 0.753. The second-order valence-electron chi connectivity index (χ2n) is 6.25. The molecule has 0 aromatic heterocycles. The molecule has 3 heteroatoms. The third kappa shape index (κ3) is 3.81. The Bertz CT molecular complexity index is 390. The van der Waals surface area contributed by atoms with Crippen LogP contribution < -0.4 is 5.32 Å². The van der Waals surface area contributed by atoms with Crippen LogP contribution in [0.3, 0.4) is 0 Å². The first-order valence-electron chi connectivity index (χ1n) is 7.79. The van der Waals surface area contributed by atoms with Gasteiger partial charge in [0.2, 0.25) is 0 Å². The number of nitrogens with zero attached hydrogens (tertiary/aromatic N) is 2. The van der Waals surface area contributed by atoms with Crippen molar-refractivity contribution in [1.29, 1.82) is 0 Å². The predicted octanol–water partition coefficient (Wildman–Crippen LogP) is 2.22. The van der Waals surface area contributed by atoms with Crippen molar-refractivity contribution >= 4 is 0 Å². The number of benzene rings is 1. The molecule has 1 aliphatic heterocycles. The smallest absolute Gasteiger partial charge is 0.0449 e. The summed E-state index contributed by atoms with van der Waals surface area (Å²) in [5.41, 5.74) is 1.40. The molecule has 0 radical (unpaired) electrons. The fraction of sp³-hybridized carbons (Fsp3) is 0.647. The summed E-state index contributed by atoms with van der Waals surface area (Å²) < 4.78 is 0. The molecular weight excluding hydrogens is 246 g/mol. The second-order valence-corrected chi connectivity index (χ2v) is 6.25. The molecule has 0 bridgehead atoms. The minimum absolute atomic E-state index is 0.439. The highest BCUT2D eigenvalue weighted by molar-refractivity contribution is 5.19. The standard InChI is InChI=1S/C17H29N3/c1-5-18-16(15-9-7-6-8-10-15)12-20-11-14(2)17(13-20)19(3)4/h6-10,14,16-18H,5,11-13H2,1-4H3. The Hall–Kier alpha value is -0.900. The normalized spacial score (nSPS) is 25.2. The minimum atomic E-state index is 0.439. The number of hydrogen-bond donors (Lipinski definition) is 1. The monoisotopic (exact) mass is 275 g/mol. The fourth-order valence-corrected chi connectivity index (χ4v) is 3.35. The molecule has 1 heterocycles. The van der Waals surface area contributed by atoms with E-state index in [2.05, 4.69) is 73.4 Å². The molecule has 1 aliphatic rings. The van der Waals surface area contributed by atoms with Crippen LogP contribution in [-0.4, -0.2) is 56.1 Å². The lowest BCUT2D eigenvalue weighted by Crippen LogP contribution is -2.37. The van der Waals surface area contributed by atoms with Gasteiger partial charge in [0.1, 0.15) is 0 Å². The summed E-state index contributed by atoms with van der Waals surface area (Å²) in [6.07, 6.45) is 0. The third-order valence-electron chi connectivity index (χ3n) is 4.40. The number of rotatable bonds is 6. The van der Waals surface area contributed by atoms with E-state index in [1.165, 1.54) is 18.7 Å². The van der Waals surface area contributed by atoms with Crippen LogP contribution in [0.2, 0.25) is 0 Å². The van der Waals surface area contributed by atoms with Gasteiger partial charge in [-0.3, -0.25) is 4.90 Å². The van der Waals surface area contributed by atoms with Gasteiger partial charge in [0.25, 0.3) is 0 Å². The van der Waals surface area contributed by atoms with Gasteiger partial charge in [-0.05, 0) is 32.1 Å². The van der Waals surface area contributed by atoms with Crippen molar-refractivity contribution in [2.45, 2.75) is 25.9 Å². The molecule has 112 valence electrons. The Labute approximate surface area is 124 Å². The van der Waals surface area contributed by atoms with Crippen LogP contribution in [-0.2, 0) is 0 Å². The van der Waals surface area contributed by atoms with Gasteiger partial charge in [-0.25, -0.2) is 0 Å². The first kappa shape index (κ1) is 15.5. The minimum Gasteiger partial charge on any atom is -0.309 e. The molecule has 3 nitrogen and oxygen atoms in total. The summed E-state index contributed by atoms with van der Waals surface area (Å²) in [6, 6.07) is 11.9. The lowest BCUT2D eigenvalue weighted by atomic mass is 10.1. The molecule has 1 aromatic rings. The van der Waals surface area contributed by atoms with Crippen LogP contribution in [0.1, 0.15) is 25.5 Å². The maximum atomic E-state index is 3.63. The van der Waals surface area contributed by atoms with Crippen LogP contribution in [0.4, 0.5) is 0 Å². The van der Waals surface area contributed by atoms with Crippen LogP contribution in [0.15, 0.2) is 30.3 Å². The van der Waals surface area contributed by atoms with Crippen LogP contribution in [0, 0.1) is 5.92 Å². The van der Waals surface area contributed by atoms with E-state index in [-0.39, 0.29) is 0 Å². The summed E-state index contributed by atoms with van der Waals surface area (Å²) in [7, 11) is 4.40. The second kappa shape index (κ2) is 7.21.